The quantitative estimate of drug-likeness (QED) is 0.551. The van der Waals surface area contributed by atoms with Gasteiger partial charge < -0.3 is 5.32 Å². The Morgan fingerprint density at radius 1 is 1.03 bits per heavy atom. The van der Waals surface area contributed by atoms with Crippen molar-refractivity contribution in [2.24, 2.45) is 0 Å². The first-order valence-corrected chi connectivity index (χ1v) is 9.74. The maximum atomic E-state index is 12.7. The molecule has 1 amide bonds. The van der Waals surface area contributed by atoms with Crippen molar-refractivity contribution in [3.8, 4) is 0 Å². The van der Waals surface area contributed by atoms with Crippen LogP contribution < -0.4 is 5.32 Å². The van der Waals surface area contributed by atoms with Crippen molar-refractivity contribution in [2.75, 3.05) is 5.32 Å². The Balaban J connectivity index is 1.33. The van der Waals surface area contributed by atoms with Gasteiger partial charge in [-0.15, -0.1) is 0 Å². The van der Waals surface area contributed by atoms with Gasteiger partial charge in [-0.05, 0) is 54.0 Å². The standard InChI is InChI=1S/C24H18N4O/c29-23-24(18-6-1-2-7-21(18)26-23)14-19(24)15-8-10-17-20(27-28-22(17)13-15)11-9-16-5-3-4-12-25-16/h1-13,19H,14H2,(H,26,29)(H,27,28)/t19-,24-/m0/s1. The van der Waals surface area contributed by atoms with Crippen LogP contribution in [0, 0.1) is 0 Å². The monoisotopic (exact) mass is 378 g/mol. The van der Waals surface area contributed by atoms with Crippen molar-refractivity contribution in [2.45, 2.75) is 17.8 Å². The van der Waals surface area contributed by atoms with Crippen LogP contribution in [0.3, 0.4) is 0 Å². The lowest BCUT2D eigenvalue weighted by Crippen LogP contribution is -2.20. The lowest BCUT2D eigenvalue weighted by Gasteiger charge is -2.08. The van der Waals surface area contributed by atoms with Crippen molar-refractivity contribution in [3.05, 3.63) is 89.4 Å². The van der Waals surface area contributed by atoms with Gasteiger partial charge >= 0.3 is 0 Å². The van der Waals surface area contributed by atoms with E-state index in [0.717, 1.165) is 40.0 Å². The summed E-state index contributed by atoms with van der Waals surface area (Å²) in [5, 5.41) is 11.7. The number of nitrogens with one attached hydrogen (secondary N) is 2. The molecule has 29 heavy (non-hydrogen) atoms. The van der Waals surface area contributed by atoms with Gasteiger partial charge in [0.2, 0.25) is 5.91 Å². The van der Waals surface area contributed by atoms with E-state index >= 15 is 0 Å². The van der Waals surface area contributed by atoms with Crippen LogP contribution in [0.2, 0.25) is 0 Å². The van der Waals surface area contributed by atoms with E-state index < -0.39 is 5.41 Å². The number of pyridine rings is 1. The molecule has 1 aliphatic carbocycles. The van der Waals surface area contributed by atoms with E-state index in [1.807, 2.05) is 48.6 Å². The van der Waals surface area contributed by atoms with Gasteiger partial charge in [-0.3, -0.25) is 14.9 Å². The van der Waals surface area contributed by atoms with E-state index in [9.17, 15) is 4.79 Å². The maximum Gasteiger partial charge on any atom is 0.235 e. The number of hydrogen-bond donors (Lipinski definition) is 2. The molecule has 2 N–H and O–H groups in total. The Labute approximate surface area is 167 Å². The first-order chi connectivity index (χ1) is 14.3. The molecular weight excluding hydrogens is 360 g/mol. The number of para-hydroxylation sites is 1. The number of H-pyrrole nitrogens is 1. The van der Waals surface area contributed by atoms with Gasteiger partial charge in [0.05, 0.1) is 22.3 Å². The third kappa shape index (κ3) is 2.37. The molecule has 5 nitrogen and oxygen atoms in total. The van der Waals surface area contributed by atoms with Crippen molar-refractivity contribution < 1.29 is 4.79 Å². The number of amides is 1. The number of fused-ring (bicyclic) bond motifs is 3. The fourth-order valence-corrected chi connectivity index (χ4v) is 4.59. The lowest BCUT2D eigenvalue weighted by molar-refractivity contribution is -0.118. The van der Waals surface area contributed by atoms with E-state index in [1.54, 1.807) is 6.20 Å². The van der Waals surface area contributed by atoms with Gasteiger partial charge in [0, 0.05) is 23.2 Å². The number of carbonyl (C=O) groups is 1. The van der Waals surface area contributed by atoms with Crippen LogP contribution in [0.15, 0.2) is 66.9 Å². The molecule has 2 atom stereocenters. The number of nitrogens with zero attached hydrogens (tertiary/aromatic N) is 2. The molecule has 2 aliphatic rings. The highest BCUT2D eigenvalue weighted by Gasteiger charge is 2.65. The van der Waals surface area contributed by atoms with Crippen molar-refractivity contribution >= 4 is 34.6 Å². The minimum absolute atomic E-state index is 0.118. The van der Waals surface area contributed by atoms with Crippen LogP contribution in [0.4, 0.5) is 5.69 Å². The van der Waals surface area contributed by atoms with Crippen LogP contribution in [-0.4, -0.2) is 21.1 Å². The molecule has 6 rings (SSSR count). The summed E-state index contributed by atoms with van der Waals surface area (Å²) in [4.78, 5) is 17.0. The molecule has 0 radical (unpaired) electrons. The molecule has 5 heteroatoms. The fourth-order valence-electron chi connectivity index (χ4n) is 4.59. The summed E-state index contributed by atoms with van der Waals surface area (Å²) in [6, 6.07) is 20.2. The second-order valence-corrected chi connectivity index (χ2v) is 7.73. The largest absolute Gasteiger partial charge is 0.325 e. The molecule has 1 spiro atoms. The topological polar surface area (TPSA) is 70.7 Å². The minimum atomic E-state index is -0.411. The summed E-state index contributed by atoms with van der Waals surface area (Å²) in [6.07, 6.45) is 6.55. The number of anilines is 1. The first-order valence-electron chi connectivity index (χ1n) is 9.74. The Kier molecular flexibility index (Phi) is 3.29. The molecule has 140 valence electrons. The van der Waals surface area contributed by atoms with Crippen molar-refractivity contribution in [1.29, 1.82) is 0 Å². The average molecular weight is 378 g/mol. The van der Waals surface area contributed by atoms with Crippen LogP contribution in [0.25, 0.3) is 23.1 Å². The zero-order chi connectivity index (χ0) is 19.4. The summed E-state index contributed by atoms with van der Waals surface area (Å²) >= 11 is 0. The number of rotatable bonds is 3. The molecule has 2 aromatic carbocycles. The summed E-state index contributed by atoms with van der Waals surface area (Å²) in [5.41, 5.74) is 5.60. The normalized spacial score (nSPS) is 22.3. The minimum Gasteiger partial charge on any atom is -0.325 e. The second-order valence-electron chi connectivity index (χ2n) is 7.73. The summed E-state index contributed by atoms with van der Waals surface area (Å²) in [5.74, 6) is 0.318. The summed E-state index contributed by atoms with van der Waals surface area (Å²) < 4.78 is 0. The van der Waals surface area contributed by atoms with Gasteiger partial charge in [0.15, 0.2) is 0 Å². The highest BCUT2D eigenvalue weighted by molar-refractivity contribution is 6.09. The van der Waals surface area contributed by atoms with Gasteiger partial charge in [-0.1, -0.05) is 36.4 Å². The van der Waals surface area contributed by atoms with E-state index in [0.29, 0.717) is 0 Å². The molecule has 0 bridgehead atoms. The van der Waals surface area contributed by atoms with E-state index in [2.05, 4.69) is 44.8 Å². The lowest BCUT2D eigenvalue weighted by atomic mass is 9.92. The zero-order valence-corrected chi connectivity index (χ0v) is 15.6. The smallest absolute Gasteiger partial charge is 0.235 e. The molecule has 1 fully saturated rings. The summed E-state index contributed by atoms with van der Waals surface area (Å²) in [7, 11) is 0. The molecule has 4 aromatic rings. The Morgan fingerprint density at radius 2 is 1.93 bits per heavy atom. The fraction of sp³-hybridized carbons (Fsp3) is 0.125. The third-order valence-corrected chi connectivity index (χ3v) is 6.14. The zero-order valence-electron chi connectivity index (χ0n) is 15.6. The Hall–Kier alpha value is -3.73. The Morgan fingerprint density at radius 3 is 2.83 bits per heavy atom. The molecule has 1 aliphatic heterocycles. The molecular formula is C24H18N4O. The Bertz CT molecular complexity index is 1290. The van der Waals surface area contributed by atoms with Gasteiger partial charge in [-0.25, -0.2) is 0 Å². The molecule has 0 saturated heterocycles. The SMILES string of the molecule is O=C1Nc2ccccc2[C@]12C[C@H]2c1ccc2c(C=Cc3ccccn3)n[nH]c2c1. The van der Waals surface area contributed by atoms with Crippen LogP contribution in [-0.2, 0) is 10.2 Å². The number of aromatic nitrogens is 3. The highest BCUT2D eigenvalue weighted by Crippen LogP contribution is 2.64. The van der Waals surface area contributed by atoms with Crippen molar-refractivity contribution in [3.63, 3.8) is 0 Å². The molecule has 0 unspecified atom stereocenters. The van der Waals surface area contributed by atoms with Crippen LogP contribution >= 0.6 is 0 Å². The van der Waals surface area contributed by atoms with E-state index in [-0.39, 0.29) is 11.8 Å². The third-order valence-electron chi connectivity index (χ3n) is 6.14. The van der Waals surface area contributed by atoms with Gasteiger partial charge in [0.25, 0.3) is 0 Å². The van der Waals surface area contributed by atoms with Gasteiger partial charge in [0.1, 0.15) is 0 Å². The molecule has 2 aromatic heterocycles. The van der Waals surface area contributed by atoms with Gasteiger partial charge in [-0.2, -0.15) is 5.10 Å². The maximum absolute atomic E-state index is 12.7. The van der Waals surface area contributed by atoms with Crippen LogP contribution in [0.1, 0.15) is 34.9 Å². The average Bonchev–Trinajstić information content (AvgIpc) is 3.29. The first kappa shape index (κ1) is 16.2. The second kappa shape index (κ2) is 5.88. The number of hydrogen-bond acceptors (Lipinski definition) is 3. The van der Waals surface area contributed by atoms with Crippen LogP contribution in [0.5, 0.6) is 0 Å². The predicted octanol–water partition coefficient (Wildman–Crippen LogP) is 4.51. The molecule has 1 saturated carbocycles. The van der Waals surface area contributed by atoms with E-state index in [1.165, 1.54) is 5.56 Å². The van der Waals surface area contributed by atoms with Crippen molar-refractivity contribution in [1.82, 2.24) is 15.2 Å². The van der Waals surface area contributed by atoms with E-state index in [4.69, 9.17) is 0 Å². The molecule has 3 heterocycles. The number of carbonyl (C=O) groups excluding carboxylic acids is 1. The number of aromatic amines is 1. The summed E-state index contributed by atoms with van der Waals surface area (Å²) in [6.45, 7) is 0. The predicted molar refractivity (Wildman–Crippen MR) is 113 cm³/mol. The highest BCUT2D eigenvalue weighted by atomic mass is 16.2. The number of benzene rings is 2.